The molecule has 2 N–H and O–H groups in total. The van der Waals surface area contributed by atoms with Gasteiger partial charge in [0.25, 0.3) is 0 Å². The maximum Gasteiger partial charge on any atom is 0.313 e. The monoisotopic (exact) mass is 665 g/mol. The number of hydrogen-bond acceptors (Lipinski definition) is 8. The first-order valence-electron chi connectivity index (χ1n) is 17.4. The van der Waals surface area contributed by atoms with Crippen molar-refractivity contribution in [3.05, 3.63) is 61.2 Å². The smallest absolute Gasteiger partial charge is 0.313 e. The number of esters is 1. The molecule has 3 heterocycles. The summed E-state index contributed by atoms with van der Waals surface area (Å²) in [7, 11) is 1.51. The zero-order valence-electron chi connectivity index (χ0n) is 28.3. The molecular formula is C37H51N3O8. The van der Waals surface area contributed by atoms with Crippen LogP contribution in [-0.4, -0.2) is 101 Å². The minimum absolute atomic E-state index is 0.0199. The molecule has 3 amide bonds. The van der Waals surface area contributed by atoms with Crippen molar-refractivity contribution >= 4 is 23.7 Å². The van der Waals surface area contributed by atoms with Gasteiger partial charge in [-0.15, -0.1) is 13.2 Å². The van der Waals surface area contributed by atoms with Crippen LogP contribution >= 0.6 is 0 Å². The Morgan fingerprint density at radius 3 is 2.52 bits per heavy atom. The van der Waals surface area contributed by atoms with Crippen LogP contribution in [0, 0.1) is 11.8 Å². The molecule has 2 bridgehead atoms. The summed E-state index contributed by atoms with van der Waals surface area (Å²) in [6, 6.07) is 6.76. The highest BCUT2D eigenvalue weighted by Gasteiger charge is 2.75. The first-order valence-corrected chi connectivity index (χ1v) is 17.4. The van der Waals surface area contributed by atoms with Crippen LogP contribution in [0.2, 0.25) is 0 Å². The Morgan fingerprint density at radius 1 is 1.15 bits per heavy atom. The van der Waals surface area contributed by atoms with Crippen molar-refractivity contribution in [1.82, 2.24) is 15.1 Å². The second kappa shape index (κ2) is 15.8. The summed E-state index contributed by atoms with van der Waals surface area (Å²) in [4.78, 5) is 59.6. The molecule has 11 nitrogen and oxygen atoms in total. The summed E-state index contributed by atoms with van der Waals surface area (Å²) in [5.41, 5.74) is -0.572. The number of ether oxygens (including phenoxy) is 3. The van der Waals surface area contributed by atoms with E-state index in [1.54, 1.807) is 19.1 Å². The molecule has 48 heavy (non-hydrogen) atoms. The largest absolute Gasteiger partial charge is 0.455 e. The minimum atomic E-state index is -1.23. The maximum atomic E-state index is 14.7. The summed E-state index contributed by atoms with van der Waals surface area (Å²) < 4.78 is 18.4. The number of methoxy groups -OCH3 is 1. The molecule has 1 aromatic rings. The summed E-state index contributed by atoms with van der Waals surface area (Å²) in [5, 5.41) is 13.2. The van der Waals surface area contributed by atoms with Gasteiger partial charge in [-0.25, -0.2) is 0 Å². The van der Waals surface area contributed by atoms with E-state index in [1.165, 1.54) is 12.0 Å². The molecule has 262 valence electrons. The number of carbonyl (C=O) groups excluding carboxylic acids is 4. The van der Waals surface area contributed by atoms with E-state index in [1.807, 2.05) is 35.2 Å². The minimum Gasteiger partial charge on any atom is -0.455 e. The van der Waals surface area contributed by atoms with Crippen LogP contribution in [0.5, 0.6) is 0 Å². The molecule has 1 spiro atoms. The van der Waals surface area contributed by atoms with Crippen molar-refractivity contribution in [2.75, 3.05) is 26.9 Å². The van der Waals surface area contributed by atoms with E-state index >= 15 is 0 Å². The lowest BCUT2D eigenvalue weighted by Gasteiger charge is -2.41. The van der Waals surface area contributed by atoms with E-state index in [4.69, 9.17) is 14.2 Å². The summed E-state index contributed by atoms with van der Waals surface area (Å²) in [6.07, 6.45) is 8.37. The molecule has 11 heteroatoms. The van der Waals surface area contributed by atoms with Crippen LogP contribution < -0.4 is 5.32 Å². The number of amides is 3. The van der Waals surface area contributed by atoms with Gasteiger partial charge < -0.3 is 34.4 Å². The average molecular weight is 666 g/mol. The van der Waals surface area contributed by atoms with Crippen LogP contribution in [0.15, 0.2) is 55.6 Å². The Morgan fingerprint density at radius 2 is 1.88 bits per heavy atom. The predicted octanol–water partition coefficient (Wildman–Crippen LogP) is 3.47. The fourth-order valence-electron chi connectivity index (χ4n) is 8.43. The lowest BCUT2D eigenvalue weighted by Crippen LogP contribution is -2.60. The van der Waals surface area contributed by atoms with E-state index in [0.717, 1.165) is 32.1 Å². The molecule has 1 aliphatic carbocycles. The number of aliphatic hydroxyl groups excluding tert-OH is 1. The van der Waals surface area contributed by atoms with Crippen molar-refractivity contribution in [2.45, 2.75) is 107 Å². The van der Waals surface area contributed by atoms with Crippen LogP contribution in [0.25, 0.3) is 0 Å². The molecule has 4 fully saturated rings. The van der Waals surface area contributed by atoms with E-state index in [9.17, 15) is 24.3 Å². The quantitative estimate of drug-likeness (QED) is 0.203. The Kier molecular flexibility index (Phi) is 11.8. The molecule has 0 aromatic heterocycles. The van der Waals surface area contributed by atoms with Crippen molar-refractivity contribution in [1.29, 1.82) is 0 Å². The number of allylic oxidation sites excluding steroid dienone is 1. The van der Waals surface area contributed by atoms with E-state index in [0.29, 0.717) is 31.4 Å². The number of nitrogens with zero attached hydrogens (tertiary/aromatic N) is 2. The van der Waals surface area contributed by atoms with Gasteiger partial charge in [0, 0.05) is 26.1 Å². The zero-order valence-corrected chi connectivity index (χ0v) is 28.3. The van der Waals surface area contributed by atoms with Crippen LogP contribution in [0.4, 0.5) is 0 Å². The first-order chi connectivity index (χ1) is 23.2. The Bertz CT molecular complexity index is 1330. The molecule has 1 saturated carbocycles. The third-order valence-electron chi connectivity index (χ3n) is 10.6. The molecule has 3 aliphatic heterocycles. The van der Waals surface area contributed by atoms with Gasteiger partial charge >= 0.3 is 5.97 Å². The second-order valence-electron chi connectivity index (χ2n) is 13.6. The number of rotatable bonds is 16. The third kappa shape index (κ3) is 6.82. The lowest BCUT2D eigenvalue weighted by molar-refractivity contribution is -0.163. The van der Waals surface area contributed by atoms with Gasteiger partial charge in [0.1, 0.15) is 17.7 Å². The highest BCUT2D eigenvalue weighted by atomic mass is 16.6. The van der Waals surface area contributed by atoms with Crippen LogP contribution in [-0.2, 0) is 33.4 Å². The van der Waals surface area contributed by atoms with Gasteiger partial charge in [-0.05, 0) is 44.6 Å². The number of hydrogen-bond donors (Lipinski definition) is 2. The third-order valence-corrected chi connectivity index (χ3v) is 10.6. The Hall–Kier alpha value is -3.54. The topological polar surface area (TPSA) is 135 Å². The normalized spacial score (nSPS) is 28.3. The van der Waals surface area contributed by atoms with E-state index in [2.05, 4.69) is 18.5 Å². The fraction of sp³-hybridized carbons (Fsp3) is 0.622. The second-order valence-corrected chi connectivity index (χ2v) is 13.6. The number of fused-ring (bicyclic) bond motifs is 1. The predicted molar refractivity (Wildman–Crippen MR) is 178 cm³/mol. The lowest BCUT2D eigenvalue weighted by atomic mass is 9.70. The summed E-state index contributed by atoms with van der Waals surface area (Å²) in [5.74, 6) is -3.40. The Balaban J connectivity index is 1.47. The standard InChI is InChI=1S/C37H51N3O8/c1-5-7-18-29(42)38-27(23-46-4)32(25-14-10-8-11-15-25)47-36(45)30-28-19-20-37(48-28)31(30)34(43)40(24(3)22-41)33(37)35(44)39(21-6-2)26-16-12-9-13-17-26/h5-6,8,10-11,14-15,24,26-28,30-33,41H,1-2,7,9,12-13,16-23H2,3-4H3,(H,38,42)/t24-,27+,28-,30+,31+,32+,33-,37+/m1/s1. The average Bonchev–Trinajstić information content (AvgIpc) is 3.76. The SMILES string of the molecule is C=CCCC(=O)N[C@@H](COC)[C@@H](OC(=O)[C@@H]1[C@H]2C(=O)N([C@H](C)CO)[C@H](C(=O)N(CC=C)C3CCCCC3)[C@]23CC[C@H]1O3)c1ccccc1. The number of nitrogens with one attached hydrogen (secondary N) is 1. The van der Waals surface area contributed by atoms with Gasteiger partial charge in [0.2, 0.25) is 17.7 Å². The molecule has 8 atom stereocenters. The van der Waals surface area contributed by atoms with E-state index in [-0.39, 0.29) is 43.4 Å². The highest BCUT2D eigenvalue weighted by molar-refractivity contribution is 5.98. The molecule has 0 radical (unpaired) electrons. The van der Waals surface area contributed by atoms with Crippen LogP contribution in [0.3, 0.4) is 0 Å². The molecule has 1 aromatic carbocycles. The Labute approximate surface area is 283 Å². The molecular weight excluding hydrogens is 614 g/mol. The van der Waals surface area contributed by atoms with Gasteiger partial charge in [-0.2, -0.15) is 0 Å². The van der Waals surface area contributed by atoms with Gasteiger partial charge in [0.05, 0.1) is 43.2 Å². The molecule has 4 aliphatic rings. The summed E-state index contributed by atoms with van der Waals surface area (Å²) in [6.45, 7) is 9.36. The number of aliphatic hydroxyl groups is 1. The zero-order chi connectivity index (χ0) is 34.4. The summed E-state index contributed by atoms with van der Waals surface area (Å²) >= 11 is 0. The number of benzene rings is 1. The highest BCUT2D eigenvalue weighted by Crippen LogP contribution is 2.59. The fourth-order valence-corrected chi connectivity index (χ4v) is 8.43. The molecule has 5 rings (SSSR count). The number of likely N-dealkylation sites (tertiary alicyclic amines) is 1. The van der Waals surface area contributed by atoms with Crippen LogP contribution in [0.1, 0.15) is 76.4 Å². The van der Waals surface area contributed by atoms with Crippen molar-refractivity contribution < 1.29 is 38.5 Å². The van der Waals surface area contributed by atoms with E-state index < -0.39 is 53.7 Å². The van der Waals surface area contributed by atoms with Gasteiger partial charge in [-0.1, -0.05) is 61.7 Å². The van der Waals surface area contributed by atoms with Crippen molar-refractivity contribution in [2.24, 2.45) is 11.8 Å². The van der Waals surface area contributed by atoms with Crippen molar-refractivity contribution in [3.63, 3.8) is 0 Å². The van der Waals surface area contributed by atoms with Crippen molar-refractivity contribution in [3.8, 4) is 0 Å². The number of carbonyl (C=O) groups is 4. The molecule has 0 unspecified atom stereocenters. The molecule has 3 saturated heterocycles. The maximum absolute atomic E-state index is 14.7. The first kappa shape index (κ1) is 35.8. The van der Waals surface area contributed by atoms with Gasteiger partial charge in [-0.3, -0.25) is 19.2 Å². The van der Waals surface area contributed by atoms with Gasteiger partial charge in [0.15, 0.2) is 0 Å².